The van der Waals surface area contributed by atoms with Crippen LogP contribution in [0.2, 0.25) is 0 Å². The lowest BCUT2D eigenvalue weighted by molar-refractivity contribution is 0.0952. The van der Waals surface area contributed by atoms with Crippen LogP contribution in [-0.4, -0.2) is 23.7 Å². The first-order valence-corrected chi connectivity index (χ1v) is 11.6. The fourth-order valence-corrected chi connectivity index (χ4v) is 4.74. The molecular weight excluding hydrogens is 422 g/mol. The molecule has 0 saturated carbocycles. The van der Waals surface area contributed by atoms with Crippen LogP contribution in [-0.2, 0) is 13.1 Å². The van der Waals surface area contributed by atoms with Crippen molar-refractivity contribution in [2.45, 2.75) is 13.1 Å². The molecule has 0 radical (unpaired) electrons. The maximum Gasteiger partial charge on any atom is 0.251 e. The lowest BCUT2D eigenvalue weighted by Crippen LogP contribution is -2.32. The predicted octanol–water partition coefficient (Wildman–Crippen LogP) is 5.58. The Hall–Kier alpha value is -4.25. The summed E-state index contributed by atoms with van der Waals surface area (Å²) < 4.78 is 8.23. The fraction of sp³-hybridized carbons (Fsp3) is 0.138. The van der Waals surface area contributed by atoms with Gasteiger partial charge in [-0.15, -0.1) is 0 Å². The summed E-state index contributed by atoms with van der Waals surface area (Å²) in [5.41, 5.74) is 3.98. The van der Waals surface area contributed by atoms with Crippen LogP contribution >= 0.6 is 0 Å². The molecule has 0 fully saturated rings. The minimum Gasteiger partial charge on any atom is -0.473 e. The number of nitrogens with one attached hydrogen (secondary N) is 1. The number of anilines is 1. The number of amides is 1. The van der Waals surface area contributed by atoms with Gasteiger partial charge in [0.15, 0.2) is 6.73 Å². The van der Waals surface area contributed by atoms with E-state index in [0.717, 1.165) is 24.5 Å². The number of fused-ring (bicyclic) bond motifs is 4. The van der Waals surface area contributed by atoms with E-state index in [0.29, 0.717) is 18.8 Å². The van der Waals surface area contributed by atoms with E-state index in [4.69, 9.17) is 4.74 Å². The molecular formula is C29H25N3O2. The van der Waals surface area contributed by atoms with Crippen molar-refractivity contribution in [3.05, 3.63) is 108 Å². The summed E-state index contributed by atoms with van der Waals surface area (Å²) in [7, 11) is 0. The number of rotatable bonds is 5. The second kappa shape index (κ2) is 8.60. The Morgan fingerprint density at radius 3 is 2.68 bits per heavy atom. The number of hydrogen-bond acceptors (Lipinski definition) is 3. The van der Waals surface area contributed by atoms with Crippen LogP contribution in [0.3, 0.4) is 0 Å². The molecule has 1 aromatic heterocycles. The van der Waals surface area contributed by atoms with Gasteiger partial charge in [-0.3, -0.25) is 4.79 Å². The van der Waals surface area contributed by atoms with Gasteiger partial charge in [0.2, 0.25) is 0 Å². The molecule has 34 heavy (non-hydrogen) atoms. The summed E-state index contributed by atoms with van der Waals surface area (Å²) in [5, 5.41) is 6.68. The number of aromatic nitrogens is 1. The Labute approximate surface area is 198 Å². The van der Waals surface area contributed by atoms with E-state index in [-0.39, 0.29) is 5.91 Å². The van der Waals surface area contributed by atoms with Crippen molar-refractivity contribution in [3.63, 3.8) is 0 Å². The molecule has 1 aliphatic rings. The summed E-state index contributed by atoms with van der Waals surface area (Å²) in [6.45, 7) is 2.48. The molecule has 1 aliphatic heterocycles. The Morgan fingerprint density at radius 2 is 1.74 bits per heavy atom. The molecule has 0 unspecified atom stereocenters. The molecule has 1 N–H and O–H groups in total. The van der Waals surface area contributed by atoms with Gasteiger partial charge in [0.1, 0.15) is 5.75 Å². The first-order valence-electron chi connectivity index (χ1n) is 11.6. The Kier molecular flexibility index (Phi) is 5.15. The second-order valence-electron chi connectivity index (χ2n) is 8.61. The molecule has 0 saturated heterocycles. The van der Waals surface area contributed by atoms with Crippen molar-refractivity contribution in [3.8, 4) is 5.75 Å². The Bertz CT molecular complexity index is 1500. The van der Waals surface area contributed by atoms with Crippen molar-refractivity contribution in [1.29, 1.82) is 0 Å². The minimum absolute atomic E-state index is 0.0675. The number of carbonyl (C=O) groups excluding carboxylic acids is 1. The van der Waals surface area contributed by atoms with Crippen molar-refractivity contribution < 1.29 is 9.53 Å². The molecule has 5 aromatic rings. The maximum atomic E-state index is 12.9. The summed E-state index contributed by atoms with van der Waals surface area (Å²) in [5.74, 6) is 0.864. The van der Waals surface area contributed by atoms with Gasteiger partial charge in [0.25, 0.3) is 5.91 Å². The number of hydrogen-bond donors (Lipinski definition) is 1. The van der Waals surface area contributed by atoms with Crippen LogP contribution in [0.5, 0.6) is 5.75 Å². The van der Waals surface area contributed by atoms with Crippen molar-refractivity contribution in [1.82, 2.24) is 9.88 Å². The number of ether oxygens (including phenoxy) is 1. The van der Waals surface area contributed by atoms with Crippen molar-refractivity contribution >= 4 is 33.3 Å². The maximum absolute atomic E-state index is 12.9. The third-order valence-electron chi connectivity index (χ3n) is 6.51. The summed E-state index contributed by atoms with van der Waals surface area (Å²) in [6, 6.07) is 30.7. The SMILES string of the molecule is O=C(NCCn1ccc2ccccc21)c1cccc(N2COc3ccc4ccccc4c3C2)c1. The van der Waals surface area contributed by atoms with E-state index in [1.54, 1.807) is 0 Å². The molecule has 168 valence electrons. The molecule has 1 amide bonds. The largest absolute Gasteiger partial charge is 0.473 e. The van der Waals surface area contributed by atoms with Crippen molar-refractivity contribution in [2.75, 3.05) is 18.2 Å². The topological polar surface area (TPSA) is 46.5 Å². The van der Waals surface area contributed by atoms with Crippen LogP contribution in [0, 0.1) is 0 Å². The third-order valence-corrected chi connectivity index (χ3v) is 6.51. The van der Waals surface area contributed by atoms with Gasteiger partial charge in [-0.1, -0.05) is 54.6 Å². The van der Waals surface area contributed by atoms with Gasteiger partial charge in [0.05, 0.1) is 6.54 Å². The zero-order valence-corrected chi connectivity index (χ0v) is 18.8. The molecule has 2 heterocycles. The zero-order valence-electron chi connectivity index (χ0n) is 18.8. The number of nitrogens with zero attached hydrogens (tertiary/aromatic N) is 2. The molecule has 4 aromatic carbocycles. The lowest BCUT2D eigenvalue weighted by atomic mass is 10.0. The van der Waals surface area contributed by atoms with Crippen molar-refractivity contribution in [2.24, 2.45) is 0 Å². The molecule has 0 aliphatic carbocycles. The summed E-state index contributed by atoms with van der Waals surface area (Å²) in [6.07, 6.45) is 2.06. The number of carbonyl (C=O) groups is 1. The molecule has 0 spiro atoms. The smallest absolute Gasteiger partial charge is 0.251 e. The Morgan fingerprint density at radius 1 is 0.882 bits per heavy atom. The van der Waals surface area contributed by atoms with Crippen LogP contribution in [0.1, 0.15) is 15.9 Å². The first kappa shape index (κ1) is 20.4. The molecule has 6 rings (SSSR count). The molecule has 0 bridgehead atoms. The highest BCUT2D eigenvalue weighted by Crippen LogP contribution is 2.34. The quantitative estimate of drug-likeness (QED) is 0.383. The van der Waals surface area contributed by atoms with E-state index in [1.165, 1.54) is 27.2 Å². The number of benzene rings is 4. The van der Waals surface area contributed by atoms with E-state index in [9.17, 15) is 4.79 Å². The minimum atomic E-state index is -0.0675. The highest BCUT2D eigenvalue weighted by molar-refractivity contribution is 5.95. The second-order valence-corrected chi connectivity index (χ2v) is 8.61. The average molecular weight is 448 g/mol. The van der Waals surface area contributed by atoms with Gasteiger partial charge in [-0.25, -0.2) is 0 Å². The van der Waals surface area contributed by atoms with Gasteiger partial charge in [0, 0.05) is 41.6 Å². The third kappa shape index (κ3) is 3.75. The van der Waals surface area contributed by atoms with Gasteiger partial charge >= 0.3 is 0 Å². The van der Waals surface area contributed by atoms with Gasteiger partial charge in [-0.05, 0) is 52.6 Å². The highest BCUT2D eigenvalue weighted by Gasteiger charge is 2.20. The van der Waals surface area contributed by atoms with Crippen LogP contribution in [0.15, 0.2) is 97.2 Å². The van der Waals surface area contributed by atoms with Crippen LogP contribution < -0.4 is 15.0 Å². The summed E-state index contributed by atoms with van der Waals surface area (Å²) >= 11 is 0. The Balaban J connectivity index is 1.16. The molecule has 5 heteroatoms. The molecule has 5 nitrogen and oxygen atoms in total. The zero-order chi connectivity index (χ0) is 22.9. The van der Waals surface area contributed by atoms with Gasteiger partial charge < -0.3 is 19.5 Å². The van der Waals surface area contributed by atoms with E-state index < -0.39 is 0 Å². The lowest BCUT2D eigenvalue weighted by Gasteiger charge is -2.31. The normalized spacial score (nSPS) is 13.0. The van der Waals surface area contributed by atoms with E-state index >= 15 is 0 Å². The number of para-hydroxylation sites is 1. The van der Waals surface area contributed by atoms with E-state index in [1.807, 2.05) is 42.5 Å². The van der Waals surface area contributed by atoms with E-state index in [2.05, 4.69) is 69.5 Å². The fourth-order valence-electron chi connectivity index (χ4n) is 4.74. The predicted molar refractivity (Wildman–Crippen MR) is 136 cm³/mol. The van der Waals surface area contributed by atoms with Crippen LogP contribution in [0.25, 0.3) is 21.7 Å². The molecule has 0 atom stereocenters. The van der Waals surface area contributed by atoms with Gasteiger partial charge in [-0.2, -0.15) is 0 Å². The standard InChI is InChI=1S/C29H25N3O2/c33-29(30-15-17-31-16-14-22-7-2-4-11-27(22)31)23-8-5-9-24(18-23)32-19-26-25-10-3-1-6-21(25)12-13-28(26)34-20-32/h1-14,16,18H,15,17,19-20H2,(H,30,33). The van der Waals surface area contributed by atoms with Crippen LogP contribution in [0.4, 0.5) is 5.69 Å². The monoisotopic (exact) mass is 447 g/mol. The average Bonchev–Trinajstić information content (AvgIpc) is 3.31. The first-order chi connectivity index (χ1) is 16.8. The highest BCUT2D eigenvalue weighted by atomic mass is 16.5. The summed E-state index contributed by atoms with van der Waals surface area (Å²) in [4.78, 5) is 15.0.